The highest BCUT2D eigenvalue weighted by atomic mass is 35.5. The number of ether oxygens (including phenoxy) is 1. The number of benzene rings is 1. The van der Waals surface area contributed by atoms with Crippen molar-refractivity contribution < 1.29 is 4.74 Å². The number of hydrogen-bond donors (Lipinski definition) is 0. The lowest BCUT2D eigenvalue weighted by Crippen LogP contribution is -1.99. The zero-order chi connectivity index (χ0) is 14.7. The Morgan fingerprint density at radius 1 is 1.15 bits per heavy atom. The summed E-state index contributed by atoms with van der Waals surface area (Å²) in [6.45, 7) is 4.06. The predicted octanol–water partition coefficient (Wildman–Crippen LogP) is 4.72. The first-order valence-electron chi connectivity index (χ1n) is 6.43. The van der Waals surface area contributed by atoms with Gasteiger partial charge >= 0.3 is 0 Å². The van der Waals surface area contributed by atoms with Gasteiger partial charge in [0.05, 0.1) is 12.7 Å². The van der Waals surface area contributed by atoms with Crippen LogP contribution in [-0.4, -0.2) is 17.1 Å². The molecule has 0 atom stereocenters. The van der Waals surface area contributed by atoms with E-state index in [-0.39, 0.29) is 0 Å². The molecule has 1 aromatic heterocycles. The summed E-state index contributed by atoms with van der Waals surface area (Å²) in [5, 5.41) is 0.814. The van der Waals surface area contributed by atoms with Crippen molar-refractivity contribution in [3.8, 4) is 17.1 Å². The fraction of sp³-hybridized carbons (Fsp3) is 0.333. The van der Waals surface area contributed by atoms with Gasteiger partial charge in [-0.2, -0.15) is 0 Å². The number of halogens is 2. The lowest BCUT2D eigenvalue weighted by atomic mass is 10.1. The molecule has 5 heteroatoms. The number of hydrogen-bond acceptors (Lipinski definition) is 3. The van der Waals surface area contributed by atoms with Gasteiger partial charge in [-0.3, -0.25) is 0 Å². The summed E-state index contributed by atoms with van der Waals surface area (Å²) < 4.78 is 5.37. The second kappa shape index (κ2) is 6.42. The minimum atomic E-state index is 0.407. The highest BCUT2D eigenvalue weighted by molar-refractivity contribution is 6.34. The molecule has 0 saturated heterocycles. The van der Waals surface area contributed by atoms with E-state index >= 15 is 0 Å². The minimum Gasteiger partial charge on any atom is -0.496 e. The number of aromatic nitrogens is 2. The summed E-state index contributed by atoms with van der Waals surface area (Å²) in [5.74, 6) is 1.19. The molecule has 0 aliphatic rings. The van der Waals surface area contributed by atoms with Gasteiger partial charge in [0.25, 0.3) is 0 Å². The molecule has 0 N–H and O–H groups in total. The van der Waals surface area contributed by atoms with Crippen molar-refractivity contribution in [3.63, 3.8) is 0 Å². The Hall–Kier alpha value is -1.32. The zero-order valence-electron chi connectivity index (χ0n) is 11.7. The summed E-state index contributed by atoms with van der Waals surface area (Å²) in [7, 11) is 1.62. The van der Waals surface area contributed by atoms with E-state index in [1.54, 1.807) is 7.11 Å². The maximum Gasteiger partial charge on any atom is 0.166 e. The van der Waals surface area contributed by atoms with E-state index in [4.69, 9.17) is 27.9 Å². The van der Waals surface area contributed by atoms with E-state index in [9.17, 15) is 0 Å². The number of nitrogens with zero attached hydrogens (tertiary/aromatic N) is 2. The molecule has 0 fully saturated rings. The lowest BCUT2D eigenvalue weighted by molar-refractivity contribution is 0.416. The van der Waals surface area contributed by atoms with Crippen LogP contribution < -0.4 is 4.74 Å². The van der Waals surface area contributed by atoms with Gasteiger partial charge in [0.15, 0.2) is 5.82 Å². The van der Waals surface area contributed by atoms with Crippen LogP contribution in [-0.2, 0) is 6.42 Å². The fourth-order valence-electron chi connectivity index (χ4n) is 1.99. The second-order valence-corrected chi connectivity index (χ2v) is 5.28. The van der Waals surface area contributed by atoms with Gasteiger partial charge < -0.3 is 4.74 Å². The molecule has 2 aromatic rings. The van der Waals surface area contributed by atoms with E-state index < -0.39 is 0 Å². The van der Waals surface area contributed by atoms with Crippen LogP contribution >= 0.6 is 23.2 Å². The first-order valence-corrected chi connectivity index (χ1v) is 7.19. The Kier molecular flexibility index (Phi) is 4.84. The molecule has 0 radical (unpaired) electrons. The Bertz CT molecular complexity index is 606. The van der Waals surface area contributed by atoms with Crippen LogP contribution in [0.5, 0.6) is 5.75 Å². The van der Waals surface area contributed by atoms with Crippen molar-refractivity contribution in [2.45, 2.75) is 26.7 Å². The molecule has 0 aliphatic carbocycles. The average Bonchev–Trinajstić information content (AvgIpc) is 2.42. The van der Waals surface area contributed by atoms with Crippen molar-refractivity contribution in [1.29, 1.82) is 0 Å². The maximum atomic E-state index is 6.21. The SMILES string of the molecule is CCCc1c(Cl)nc(-c2ccc(C)cc2OC)nc1Cl. The molecule has 1 heterocycles. The normalized spacial score (nSPS) is 10.7. The summed E-state index contributed by atoms with van der Waals surface area (Å²) in [4.78, 5) is 8.70. The van der Waals surface area contributed by atoms with Crippen LogP contribution in [0, 0.1) is 6.92 Å². The Balaban J connectivity index is 2.54. The van der Waals surface area contributed by atoms with Gasteiger partial charge in [0.1, 0.15) is 16.1 Å². The van der Waals surface area contributed by atoms with Crippen LogP contribution in [0.1, 0.15) is 24.5 Å². The molecule has 0 spiro atoms. The van der Waals surface area contributed by atoms with Gasteiger partial charge in [-0.1, -0.05) is 42.6 Å². The van der Waals surface area contributed by atoms with Crippen LogP contribution in [0.15, 0.2) is 18.2 Å². The zero-order valence-corrected chi connectivity index (χ0v) is 13.2. The number of aryl methyl sites for hydroxylation is 1. The van der Waals surface area contributed by atoms with Gasteiger partial charge in [-0.15, -0.1) is 0 Å². The molecule has 106 valence electrons. The van der Waals surface area contributed by atoms with Gasteiger partial charge in [-0.05, 0) is 31.0 Å². The molecule has 20 heavy (non-hydrogen) atoms. The quantitative estimate of drug-likeness (QED) is 0.766. The minimum absolute atomic E-state index is 0.407. The van der Waals surface area contributed by atoms with Crippen molar-refractivity contribution in [2.75, 3.05) is 7.11 Å². The number of rotatable bonds is 4. The van der Waals surface area contributed by atoms with E-state index in [0.717, 1.165) is 29.5 Å². The highest BCUT2D eigenvalue weighted by Gasteiger charge is 2.15. The van der Waals surface area contributed by atoms with Gasteiger partial charge in [-0.25, -0.2) is 9.97 Å². The maximum absolute atomic E-state index is 6.21. The van der Waals surface area contributed by atoms with Crippen LogP contribution in [0.25, 0.3) is 11.4 Å². The largest absolute Gasteiger partial charge is 0.496 e. The molecule has 0 aliphatic heterocycles. The Morgan fingerprint density at radius 2 is 1.80 bits per heavy atom. The van der Waals surface area contributed by atoms with Crippen molar-refractivity contribution in [1.82, 2.24) is 9.97 Å². The third kappa shape index (κ3) is 3.05. The third-order valence-corrected chi connectivity index (χ3v) is 3.63. The summed E-state index contributed by atoms with van der Waals surface area (Å²) in [6.07, 6.45) is 1.71. The molecule has 0 saturated carbocycles. The topological polar surface area (TPSA) is 35.0 Å². The molecule has 0 bridgehead atoms. The van der Waals surface area contributed by atoms with E-state index in [1.807, 2.05) is 25.1 Å². The van der Waals surface area contributed by atoms with E-state index in [0.29, 0.717) is 21.9 Å². The van der Waals surface area contributed by atoms with Crippen molar-refractivity contribution in [2.24, 2.45) is 0 Å². The standard InChI is InChI=1S/C15H16Cl2N2O/c1-4-5-11-13(16)18-15(19-14(11)17)10-7-6-9(2)8-12(10)20-3/h6-8H,4-5H2,1-3H3. The average molecular weight is 311 g/mol. The van der Waals surface area contributed by atoms with Crippen molar-refractivity contribution in [3.05, 3.63) is 39.6 Å². The van der Waals surface area contributed by atoms with Gasteiger partial charge in [0.2, 0.25) is 0 Å². The van der Waals surface area contributed by atoms with E-state index in [2.05, 4.69) is 16.9 Å². The molecule has 1 aromatic carbocycles. The Labute approximate surface area is 128 Å². The Morgan fingerprint density at radius 3 is 2.35 bits per heavy atom. The smallest absolute Gasteiger partial charge is 0.166 e. The van der Waals surface area contributed by atoms with E-state index in [1.165, 1.54) is 0 Å². The van der Waals surface area contributed by atoms with Crippen LogP contribution in [0.2, 0.25) is 10.3 Å². The monoisotopic (exact) mass is 310 g/mol. The fourth-order valence-corrected chi connectivity index (χ4v) is 2.57. The summed E-state index contributed by atoms with van der Waals surface area (Å²) in [5.41, 5.74) is 2.68. The lowest BCUT2D eigenvalue weighted by Gasteiger charge is -2.11. The van der Waals surface area contributed by atoms with Gasteiger partial charge in [0, 0.05) is 5.56 Å². The molecule has 0 unspecified atom stereocenters. The molecular formula is C15H16Cl2N2O. The second-order valence-electron chi connectivity index (χ2n) is 4.56. The first kappa shape index (κ1) is 15.1. The molecule has 0 amide bonds. The van der Waals surface area contributed by atoms with Crippen LogP contribution in [0.4, 0.5) is 0 Å². The van der Waals surface area contributed by atoms with Crippen molar-refractivity contribution >= 4 is 23.2 Å². The molecule has 2 rings (SSSR count). The number of methoxy groups -OCH3 is 1. The molecular weight excluding hydrogens is 295 g/mol. The third-order valence-electron chi connectivity index (χ3n) is 3.00. The molecule has 3 nitrogen and oxygen atoms in total. The van der Waals surface area contributed by atoms with Crippen LogP contribution in [0.3, 0.4) is 0 Å². The summed E-state index contributed by atoms with van der Waals surface area (Å²) in [6, 6.07) is 5.82. The summed E-state index contributed by atoms with van der Waals surface area (Å²) >= 11 is 12.4. The predicted molar refractivity (Wildman–Crippen MR) is 82.8 cm³/mol. The first-order chi connectivity index (χ1) is 9.56. The highest BCUT2D eigenvalue weighted by Crippen LogP contribution is 2.32.